The first-order valence-electron chi connectivity index (χ1n) is 48.7. The zero-order valence-corrected chi connectivity index (χ0v) is 82.5. The molecule has 19 atom stereocenters. The standard InChI is InChI=1S/C95H164N24O17/c1-15-57(11)75(88(130)110-69(37-29-47-105-95(102)103)92(134)119-48-30-38-74(119)87(129)111-72(53-62-39-41-63(120)42-40-62)86(128)118-78(60(14)18-4)91(133)114-73(93(135)136)51-56(9)10)115-83(125)68(36-28-46-104-94(100)101)109-85(127)71(52-61-31-20-19-21-32-61)113-90(132)77(59(13)17-3)117-82(124)67(35-24-27-45-98)108-84(126)70(50-55(7)8)112-89(131)76(58(12)16-2)116-81(123)66(34-23-26-44-97)107-80(122)65(33-22-25-43-96)106-79(121)64(99)49-54(5)6/h19-21,31-32,39-42,54-60,64-78,120H,15-18,22-30,33-38,43-53,96-99H2,1-14H3,(H,106,121)(H,107,122)(H,108,126)(H,109,127)(H,110,130)(H,111,129)(H,112,131)(H,113,132)(H,114,133)(H,115,125)(H,116,123)(H,117,124)(H,118,128)(H,135,136)(H4,100,101,104)(H4,102,103,105)/t57-,58-,59-,60-,64-,65-,66-,67-,68-,69-,70-,71-,72-,73-,74-,75-,76-,77-,78-/m0/s1. The fourth-order valence-corrected chi connectivity index (χ4v) is 15.8. The van der Waals surface area contributed by atoms with Crippen molar-refractivity contribution >= 4 is 101 Å². The van der Waals surface area contributed by atoms with Crippen molar-refractivity contribution in [1.82, 2.24) is 84.7 Å². The topological polar surface area (TPSA) is 684 Å². The van der Waals surface area contributed by atoms with E-state index in [9.17, 15) is 53.4 Å². The maximum absolute atomic E-state index is 15.3. The molecule has 1 saturated heterocycles. The van der Waals surface area contributed by atoms with Crippen molar-refractivity contribution in [3.05, 3.63) is 65.7 Å². The number of carboxylic acid groups (broad SMARTS) is 1. The van der Waals surface area contributed by atoms with E-state index in [2.05, 4.69) is 79.8 Å². The van der Waals surface area contributed by atoms with Crippen LogP contribution in [0.15, 0.2) is 54.6 Å². The molecule has 3 rings (SSSR count). The van der Waals surface area contributed by atoms with Gasteiger partial charge in [-0.25, -0.2) is 4.79 Å². The minimum absolute atomic E-state index is 0.000957. The molecule has 41 nitrogen and oxygen atoms in total. The first-order chi connectivity index (χ1) is 64.4. The SMILES string of the molecule is CC[C@H](C)[C@H](NC(=O)[C@H](Cc1ccc(O)cc1)NC(=O)[C@@H]1CCCN1C(=O)[C@H](CCCNC(=N)N)NC(=O)[C@@H](NC(=O)[C@H](CCCNC(=N)N)NC(=O)[C@H](Cc1ccccc1)NC(=O)[C@@H](NC(=O)[C@H](CCCCN)NC(=O)[C@H](CC(C)C)NC(=O)[C@@H](NC(=O)[C@H](CCCCN)NC(=O)[C@H](CCCCN)NC(=O)[C@@H](N)CC(C)C)[C@@H](C)CC)[C@@H](C)CC)[C@@H](C)CC)C(=O)N[C@@H](CC(C)C)C(=O)O. The smallest absolute Gasteiger partial charge is 0.326 e. The quantitative estimate of drug-likeness (QED) is 0.0251. The van der Waals surface area contributed by atoms with Crippen molar-refractivity contribution in [3.63, 3.8) is 0 Å². The number of phenols is 1. The fourth-order valence-electron chi connectivity index (χ4n) is 15.8. The third-order valence-corrected chi connectivity index (χ3v) is 24.6. The molecule has 0 radical (unpaired) electrons. The first kappa shape index (κ1) is 119. The normalized spacial score (nSPS) is 16.5. The Morgan fingerprint density at radius 2 is 0.684 bits per heavy atom. The van der Waals surface area contributed by atoms with Gasteiger partial charge in [0.25, 0.3) is 0 Å². The highest BCUT2D eigenvalue weighted by molar-refractivity contribution is 6.01. The number of carboxylic acids is 1. The molecule has 136 heavy (non-hydrogen) atoms. The van der Waals surface area contributed by atoms with E-state index in [0.717, 1.165) is 0 Å². The minimum atomic E-state index is -1.50. The summed E-state index contributed by atoms with van der Waals surface area (Å²) in [5.74, 6) is -15.6. The van der Waals surface area contributed by atoms with Crippen LogP contribution in [0.3, 0.4) is 0 Å². The highest BCUT2D eigenvalue weighted by Gasteiger charge is 2.44. The lowest BCUT2D eigenvalue weighted by molar-refractivity contribution is -0.143. The molecule has 1 aliphatic rings. The van der Waals surface area contributed by atoms with Gasteiger partial charge in [-0.1, -0.05) is 165 Å². The van der Waals surface area contributed by atoms with E-state index in [4.69, 9.17) is 45.2 Å². The molecule has 1 heterocycles. The zero-order valence-electron chi connectivity index (χ0n) is 82.5. The second kappa shape index (κ2) is 63.1. The van der Waals surface area contributed by atoms with E-state index in [-0.39, 0.29) is 158 Å². The Hall–Kier alpha value is -11.3. The molecule has 0 spiro atoms. The minimum Gasteiger partial charge on any atom is -0.508 e. The second-order valence-corrected chi connectivity index (χ2v) is 37.4. The monoisotopic (exact) mass is 1910 g/mol. The van der Waals surface area contributed by atoms with Crippen LogP contribution in [-0.4, -0.2) is 246 Å². The van der Waals surface area contributed by atoms with Crippen LogP contribution >= 0.6 is 0 Å². The van der Waals surface area contributed by atoms with Gasteiger partial charge in [-0.05, 0) is 200 Å². The van der Waals surface area contributed by atoms with E-state index in [0.29, 0.717) is 75.5 Å². The first-order valence-corrected chi connectivity index (χ1v) is 48.7. The van der Waals surface area contributed by atoms with Crippen LogP contribution in [0.25, 0.3) is 0 Å². The van der Waals surface area contributed by atoms with Crippen molar-refractivity contribution in [3.8, 4) is 5.75 Å². The van der Waals surface area contributed by atoms with Crippen LogP contribution in [0.1, 0.15) is 249 Å². The summed E-state index contributed by atoms with van der Waals surface area (Å²) in [7, 11) is 0. The molecular formula is C95H164N24O17. The second-order valence-electron chi connectivity index (χ2n) is 37.4. The maximum Gasteiger partial charge on any atom is 0.326 e. The number of guanidine groups is 2. The Balaban J connectivity index is 2.09. The third kappa shape index (κ3) is 42.9. The molecule has 41 heteroatoms. The van der Waals surface area contributed by atoms with Gasteiger partial charge in [0.05, 0.1) is 6.04 Å². The largest absolute Gasteiger partial charge is 0.508 e. The van der Waals surface area contributed by atoms with E-state index in [1.54, 1.807) is 92.6 Å². The van der Waals surface area contributed by atoms with Gasteiger partial charge in [0.1, 0.15) is 90.3 Å². The van der Waals surface area contributed by atoms with Crippen LogP contribution in [0.5, 0.6) is 5.75 Å². The van der Waals surface area contributed by atoms with Gasteiger partial charge in [-0.2, -0.15) is 0 Å². The number of unbranched alkanes of at least 4 members (excludes halogenated alkanes) is 3. The number of likely N-dealkylation sites (tertiary alicyclic amines) is 1. The van der Waals surface area contributed by atoms with Crippen LogP contribution in [0, 0.1) is 52.2 Å². The summed E-state index contributed by atoms with van der Waals surface area (Å²) in [6, 6.07) is -5.16. The molecule has 0 saturated carbocycles. The zero-order chi connectivity index (χ0) is 102. The Labute approximate surface area is 802 Å². The number of nitrogens with two attached hydrogens (primary N) is 6. The molecule has 1 aliphatic heterocycles. The summed E-state index contributed by atoms with van der Waals surface area (Å²) in [4.78, 5) is 220. The average molecular weight is 1910 g/mol. The number of hydrogen-bond donors (Lipinski definition) is 25. The summed E-state index contributed by atoms with van der Waals surface area (Å²) in [6.07, 6.45) is 4.67. The van der Waals surface area contributed by atoms with Crippen LogP contribution in [0.2, 0.25) is 0 Å². The van der Waals surface area contributed by atoms with Gasteiger partial charge < -0.3 is 129 Å². The lowest BCUT2D eigenvalue weighted by atomic mass is 9.95. The third-order valence-electron chi connectivity index (χ3n) is 24.6. The lowest BCUT2D eigenvalue weighted by Crippen LogP contribution is -2.62. The highest BCUT2D eigenvalue weighted by atomic mass is 16.4. The Bertz CT molecular complexity index is 4130. The number of phenolic OH excluding ortho intramolecular Hbond substituents is 1. The predicted octanol–water partition coefficient (Wildman–Crippen LogP) is 1.12. The molecule has 1 fully saturated rings. The Morgan fingerprint density at radius 1 is 0.375 bits per heavy atom. The Kier molecular flexibility index (Phi) is 55.2. The van der Waals surface area contributed by atoms with Gasteiger partial charge in [-0.3, -0.25) is 77.9 Å². The predicted molar refractivity (Wildman–Crippen MR) is 521 cm³/mol. The number of amides is 14. The summed E-state index contributed by atoms with van der Waals surface area (Å²) < 4.78 is 0. The molecule has 2 aromatic rings. The summed E-state index contributed by atoms with van der Waals surface area (Å²) in [5.41, 5.74) is 36.2. The number of hydrogen-bond acceptors (Lipinski definition) is 22. The molecule has 0 unspecified atom stereocenters. The molecule has 31 N–H and O–H groups in total. The van der Waals surface area contributed by atoms with Crippen molar-refractivity contribution in [2.24, 2.45) is 75.8 Å². The van der Waals surface area contributed by atoms with Crippen molar-refractivity contribution < 1.29 is 82.1 Å². The van der Waals surface area contributed by atoms with Gasteiger partial charge in [0, 0.05) is 32.5 Å². The number of rotatable bonds is 66. The van der Waals surface area contributed by atoms with Crippen molar-refractivity contribution in [2.45, 2.75) is 342 Å². The fraction of sp³-hybridized carbons (Fsp3) is 0.695. The number of nitrogens with one attached hydrogen (secondary N) is 17. The van der Waals surface area contributed by atoms with Gasteiger partial charge >= 0.3 is 5.97 Å². The van der Waals surface area contributed by atoms with Crippen LogP contribution in [-0.2, 0) is 84.8 Å². The van der Waals surface area contributed by atoms with Crippen molar-refractivity contribution in [2.75, 3.05) is 39.3 Å². The summed E-state index contributed by atoms with van der Waals surface area (Å²) in [6.45, 7) is 25.9. The molecule has 0 aliphatic carbocycles. The van der Waals surface area contributed by atoms with Crippen molar-refractivity contribution in [1.29, 1.82) is 10.8 Å². The van der Waals surface area contributed by atoms with Gasteiger partial charge in [-0.15, -0.1) is 0 Å². The van der Waals surface area contributed by atoms with Crippen LogP contribution in [0.4, 0.5) is 0 Å². The lowest BCUT2D eigenvalue weighted by Gasteiger charge is -2.32. The Morgan fingerprint density at radius 3 is 1.06 bits per heavy atom. The molecule has 2 aromatic carbocycles. The number of carbonyl (C=O) groups is 15. The number of aromatic hydroxyl groups is 1. The average Bonchev–Trinajstić information content (AvgIpc) is 1.64. The maximum atomic E-state index is 15.3. The molecule has 766 valence electrons. The van der Waals surface area contributed by atoms with Gasteiger partial charge in [0.15, 0.2) is 11.9 Å². The van der Waals surface area contributed by atoms with Crippen LogP contribution < -0.4 is 114 Å². The summed E-state index contributed by atoms with van der Waals surface area (Å²) >= 11 is 0. The van der Waals surface area contributed by atoms with E-state index in [1.165, 1.54) is 29.2 Å². The van der Waals surface area contributed by atoms with E-state index >= 15 is 28.8 Å². The number of carbonyl (C=O) groups excluding carboxylic acids is 14. The highest BCUT2D eigenvalue weighted by Crippen LogP contribution is 2.24. The molecule has 0 bridgehead atoms. The molecule has 14 amide bonds. The molecule has 0 aromatic heterocycles. The number of benzene rings is 2. The van der Waals surface area contributed by atoms with E-state index in [1.807, 2.05) is 34.6 Å². The van der Waals surface area contributed by atoms with Gasteiger partial charge in [0.2, 0.25) is 82.7 Å². The molecular weight excluding hydrogens is 1750 g/mol. The van der Waals surface area contributed by atoms with E-state index < -0.39 is 209 Å². The number of nitrogens with zero attached hydrogens (tertiary/aromatic N) is 1. The number of aliphatic carboxylic acids is 1. The summed E-state index contributed by atoms with van der Waals surface area (Å²) in [5, 5.41) is 77.7.